The van der Waals surface area contributed by atoms with E-state index < -0.39 is 23.5 Å². The summed E-state index contributed by atoms with van der Waals surface area (Å²) in [7, 11) is 0. The zero-order chi connectivity index (χ0) is 19.8. The Kier molecular flexibility index (Phi) is 4.31. The van der Waals surface area contributed by atoms with Gasteiger partial charge >= 0.3 is 0 Å². The molecular formula is C22H16FNO4. The number of aryl methyl sites for hydroxylation is 1. The molecule has 0 radical (unpaired) electrons. The fraction of sp³-hybridized carbons (Fsp3) is 0.0909. The first-order valence-corrected chi connectivity index (χ1v) is 8.64. The lowest BCUT2D eigenvalue weighted by atomic mass is 9.99. The number of hydrogen-bond acceptors (Lipinski definition) is 4. The van der Waals surface area contributed by atoms with Gasteiger partial charge in [-0.3, -0.25) is 14.5 Å². The van der Waals surface area contributed by atoms with Crippen LogP contribution >= 0.6 is 0 Å². The van der Waals surface area contributed by atoms with Crippen molar-refractivity contribution in [3.8, 4) is 0 Å². The predicted octanol–water partition coefficient (Wildman–Crippen LogP) is 4.35. The molecule has 28 heavy (non-hydrogen) atoms. The minimum Gasteiger partial charge on any atom is -0.507 e. The quantitative estimate of drug-likeness (QED) is 0.418. The van der Waals surface area contributed by atoms with Crippen molar-refractivity contribution >= 4 is 23.1 Å². The highest BCUT2D eigenvalue weighted by atomic mass is 19.1. The van der Waals surface area contributed by atoms with Gasteiger partial charge in [-0.2, -0.15) is 0 Å². The van der Waals surface area contributed by atoms with E-state index in [4.69, 9.17) is 4.42 Å². The maximum atomic E-state index is 13.2. The lowest BCUT2D eigenvalue weighted by Crippen LogP contribution is -2.29. The van der Waals surface area contributed by atoms with Gasteiger partial charge in [0.25, 0.3) is 11.7 Å². The molecule has 3 aromatic rings. The maximum Gasteiger partial charge on any atom is 0.300 e. The van der Waals surface area contributed by atoms with Crippen LogP contribution in [0.2, 0.25) is 0 Å². The Morgan fingerprint density at radius 2 is 1.71 bits per heavy atom. The van der Waals surface area contributed by atoms with E-state index in [9.17, 15) is 19.1 Å². The molecule has 1 aliphatic heterocycles. The third-order valence-corrected chi connectivity index (χ3v) is 4.69. The summed E-state index contributed by atoms with van der Waals surface area (Å²) in [6, 6.07) is 14.5. The zero-order valence-corrected chi connectivity index (χ0v) is 14.9. The van der Waals surface area contributed by atoms with Crippen molar-refractivity contribution in [1.29, 1.82) is 0 Å². The van der Waals surface area contributed by atoms with Crippen molar-refractivity contribution < 1.29 is 23.5 Å². The molecule has 4 rings (SSSR count). The molecule has 1 aliphatic rings. The molecule has 2 aromatic carbocycles. The van der Waals surface area contributed by atoms with Gasteiger partial charge in [0.15, 0.2) is 0 Å². The highest BCUT2D eigenvalue weighted by molar-refractivity contribution is 6.51. The fourth-order valence-corrected chi connectivity index (χ4v) is 3.28. The summed E-state index contributed by atoms with van der Waals surface area (Å²) < 4.78 is 18.7. The second-order valence-electron chi connectivity index (χ2n) is 6.53. The number of amides is 1. The zero-order valence-electron chi connectivity index (χ0n) is 14.9. The van der Waals surface area contributed by atoms with Crippen molar-refractivity contribution in [2.75, 3.05) is 4.90 Å². The molecule has 0 saturated carbocycles. The predicted molar refractivity (Wildman–Crippen MR) is 101 cm³/mol. The average molecular weight is 377 g/mol. The molecule has 1 amide bonds. The van der Waals surface area contributed by atoms with Gasteiger partial charge in [0.2, 0.25) is 0 Å². The van der Waals surface area contributed by atoms with Crippen LogP contribution in [0, 0.1) is 12.7 Å². The average Bonchev–Trinajstić information content (AvgIpc) is 3.30. The molecule has 0 bridgehead atoms. The number of halogens is 1. The number of furan rings is 1. The minimum absolute atomic E-state index is 0.105. The van der Waals surface area contributed by atoms with Crippen molar-refractivity contribution in [3.05, 3.63) is 95.2 Å². The third-order valence-electron chi connectivity index (χ3n) is 4.69. The van der Waals surface area contributed by atoms with Crippen molar-refractivity contribution in [1.82, 2.24) is 0 Å². The van der Waals surface area contributed by atoms with Crippen LogP contribution in [-0.2, 0) is 9.59 Å². The van der Waals surface area contributed by atoms with Crippen molar-refractivity contribution in [2.24, 2.45) is 0 Å². The molecule has 1 fully saturated rings. The van der Waals surface area contributed by atoms with E-state index in [2.05, 4.69) is 0 Å². The molecule has 1 saturated heterocycles. The number of ketones is 1. The summed E-state index contributed by atoms with van der Waals surface area (Å²) >= 11 is 0. The van der Waals surface area contributed by atoms with Gasteiger partial charge in [0, 0.05) is 11.3 Å². The second-order valence-corrected chi connectivity index (χ2v) is 6.53. The monoisotopic (exact) mass is 377 g/mol. The number of carbonyl (C=O) groups excluding carboxylic acids is 2. The van der Waals surface area contributed by atoms with E-state index in [-0.39, 0.29) is 16.9 Å². The first kappa shape index (κ1) is 17.7. The van der Waals surface area contributed by atoms with E-state index in [1.807, 2.05) is 19.1 Å². The molecular weight excluding hydrogens is 361 g/mol. The van der Waals surface area contributed by atoms with E-state index in [1.165, 1.54) is 35.4 Å². The summed E-state index contributed by atoms with van der Waals surface area (Å²) in [5.41, 5.74) is 1.64. The van der Waals surface area contributed by atoms with Gasteiger partial charge in [-0.15, -0.1) is 0 Å². The summed E-state index contributed by atoms with van der Waals surface area (Å²) in [6.45, 7) is 1.91. The van der Waals surface area contributed by atoms with Gasteiger partial charge in [-0.25, -0.2) is 4.39 Å². The smallest absolute Gasteiger partial charge is 0.300 e. The summed E-state index contributed by atoms with van der Waals surface area (Å²) in [4.78, 5) is 26.9. The van der Waals surface area contributed by atoms with Crippen LogP contribution in [-0.4, -0.2) is 16.8 Å². The van der Waals surface area contributed by atoms with Crippen molar-refractivity contribution in [3.63, 3.8) is 0 Å². The van der Waals surface area contributed by atoms with Gasteiger partial charge < -0.3 is 9.52 Å². The molecule has 140 valence electrons. The fourth-order valence-electron chi connectivity index (χ4n) is 3.28. The Hall–Kier alpha value is -3.67. The van der Waals surface area contributed by atoms with Crippen LogP contribution in [0.3, 0.4) is 0 Å². The van der Waals surface area contributed by atoms with Crippen LogP contribution in [0.1, 0.15) is 22.9 Å². The summed E-state index contributed by atoms with van der Waals surface area (Å²) in [6.07, 6.45) is 1.43. The summed E-state index contributed by atoms with van der Waals surface area (Å²) in [5.74, 6) is -2.12. The number of anilines is 1. The molecule has 0 spiro atoms. The molecule has 2 heterocycles. The van der Waals surface area contributed by atoms with Gasteiger partial charge in [-0.1, -0.05) is 17.7 Å². The number of nitrogens with zero attached hydrogens (tertiary/aromatic N) is 1. The van der Waals surface area contributed by atoms with Crippen LogP contribution in [0.5, 0.6) is 0 Å². The van der Waals surface area contributed by atoms with Crippen LogP contribution in [0.25, 0.3) is 5.76 Å². The number of hydrogen-bond donors (Lipinski definition) is 1. The van der Waals surface area contributed by atoms with Gasteiger partial charge in [0.05, 0.1) is 11.8 Å². The SMILES string of the molecule is Cc1ccc(N2C(=O)C(=O)/C(=C(\O)c3ccc(F)cc3)C2c2ccco2)cc1. The number of benzene rings is 2. The van der Waals surface area contributed by atoms with Crippen molar-refractivity contribution in [2.45, 2.75) is 13.0 Å². The topological polar surface area (TPSA) is 70.8 Å². The lowest BCUT2D eigenvalue weighted by molar-refractivity contribution is -0.132. The Morgan fingerprint density at radius 1 is 1.04 bits per heavy atom. The van der Waals surface area contributed by atoms with E-state index in [0.29, 0.717) is 11.4 Å². The Labute approximate surface area is 160 Å². The lowest BCUT2D eigenvalue weighted by Gasteiger charge is -2.23. The third kappa shape index (κ3) is 2.89. The van der Waals surface area contributed by atoms with Crippen LogP contribution in [0.4, 0.5) is 10.1 Å². The highest BCUT2D eigenvalue weighted by Gasteiger charge is 2.48. The van der Waals surface area contributed by atoms with E-state index in [0.717, 1.165) is 5.56 Å². The molecule has 1 aromatic heterocycles. The normalized spacial score (nSPS) is 18.6. The number of carbonyl (C=O) groups is 2. The molecule has 0 aliphatic carbocycles. The molecule has 1 N–H and O–H groups in total. The Balaban J connectivity index is 1.91. The van der Waals surface area contributed by atoms with Crippen LogP contribution in [0.15, 0.2) is 76.9 Å². The molecule has 6 heteroatoms. The number of aliphatic hydroxyl groups is 1. The molecule has 1 atom stereocenters. The first-order valence-electron chi connectivity index (χ1n) is 8.64. The first-order chi connectivity index (χ1) is 13.5. The molecule has 5 nitrogen and oxygen atoms in total. The van der Waals surface area contributed by atoms with Crippen LogP contribution < -0.4 is 4.90 Å². The highest BCUT2D eigenvalue weighted by Crippen LogP contribution is 2.42. The Morgan fingerprint density at radius 3 is 2.32 bits per heavy atom. The van der Waals surface area contributed by atoms with E-state index in [1.54, 1.807) is 24.3 Å². The maximum absolute atomic E-state index is 13.2. The molecule has 1 unspecified atom stereocenters. The number of rotatable bonds is 3. The standard InChI is InChI=1S/C22H16FNO4/c1-13-4-10-16(11-5-13)24-19(17-3-2-12-28-17)18(21(26)22(24)27)20(25)14-6-8-15(23)9-7-14/h2-12,19,25H,1H3/b20-18-. The number of Topliss-reactive ketones (excluding diaryl/α,β-unsaturated/α-hetero) is 1. The Bertz CT molecular complexity index is 1070. The second kappa shape index (κ2) is 6.81. The number of aliphatic hydroxyl groups excluding tert-OH is 1. The van der Waals surface area contributed by atoms with Gasteiger partial charge in [-0.05, 0) is 55.5 Å². The van der Waals surface area contributed by atoms with E-state index >= 15 is 0 Å². The minimum atomic E-state index is -0.928. The largest absolute Gasteiger partial charge is 0.507 e. The van der Waals surface area contributed by atoms with Gasteiger partial charge in [0.1, 0.15) is 23.4 Å². The summed E-state index contributed by atoms with van der Waals surface area (Å²) in [5, 5.41) is 10.8.